The predicted octanol–water partition coefficient (Wildman–Crippen LogP) is 0.164. The number of morpholine rings is 1. The molecule has 0 bridgehead atoms. The van der Waals surface area contributed by atoms with Crippen molar-refractivity contribution in [1.82, 2.24) is 15.1 Å². The Bertz CT molecular complexity index is 253. The van der Waals surface area contributed by atoms with Crippen molar-refractivity contribution in [2.45, 2.75) is 32.4 Å². The molecule has 1 rings (SSSR count). The Labute approximate surface area is 110 Å². The van der Waals surface area contributed by atoms with Gasteiger partial charge in [0.25, 0.3) is 0 Å². The zero-order valence-electron chi connectivity index (χ0n) is 12.1. The van der Waals surface area contributed by atoms with Gasteiger partial charge in [-0.2, -0.15) is 0 Å². The van der Waals surface area contributed by atoms with Gasteiger partial charge in [0.1, 0.15) is 0 Å². The van der Waals surface area contributed by atoms with Crippen LogP contribution in [0.1, 0.15) is 20.3 Å². The summed E-state index contributed by atoms with van der Waals surface area (Å²) in [7, 11) is 4.07. The molecule has 0 spiro atoms. The van der Waals surface area contributed by atoms with E-state index in [1.54, 1.807) is 0 Å². The van der Waals surface area contributed by atoms with Gasteiger partial charge in [0.2, 0.25) is 5.91 Å². The normalized spacial score (nSPS) is 21.9. The number of likely N-dealkylation sites (N-methyl/N-ethyl adjacent to an activating group) is 2. The van der Waals surface area contributed by atoms with Gasteiger partial charge < -0.3 is 19.9 Å². The highest BCUT2D eigenvalue weighted by molar-refractivity contribution is 5.77. The molecule has 5 nitrogen and oxygen atoms in total. The van der Waals surface area contributed by atoms with E-state index in [4.69, 9.17) is 4.74 Å². The maximum Gasteiger partial charge on any atom is 0.224 e. The molecule has 106 valence electrons. The van der Waals surface area contributed by atoms with Gasteiger partial charge in [0.05, 0.1) is 13.2 Å². The minimum atomic E-state index is 0.173. The van der Waals surface area contributed by atoms with Gasteiger partial charge >= 0.3 is 0 Å². The van der Waals surface area contributed by atoms with Gasteiger partial charge in [-0.1, -0.05) is 0 Å². The molecule has 1 saturated heterocycles. The molecule has 0 saturated carbocycles. The maximum atomic E-state index is 12.3. The van der Waals surface area contributed by atoms with Crippen molar-refractivity contribution in [3.8, 4) is 0 Å². The largest absolute Gasteiger partial charge is 0.378 e. The van der Waals surface area contributed by atoms with E-state index in [1.807, 2.05) is 25.9 Å². The molecule has 1 amide bonds. The van der Waals surface area contributed by atoms with Crippen LogP contribution in [0.5, 0.6) is 0 Å². The Balaban J connectivity index is 2.45. The Hall–Kier alpha value is -0.650. The first-order valence-electron chi connectivity index (χ1n) is 6.80. The van der Waals surface area contributed by atoms with Crippen LogP contribution < -0.4 is 5.32 Å². The number of nitrogens with one attached hydrogen (secondary N) is 1. The predicted molar refractivity (Wildman–Crippen MR) is 72.6 cm³/mol. The van der Waals surface area contributed by atoms with Crippen LogP contribution in [0.2, 0.25) is 0 Å². The van der Waals surface area contributed by atoms with Gasteiger partial charge in [0, 0.05) is 38.1 Å². The molecule has 1 N–H and O–H groups in total. The number of hydrogen-bond acceptors (Lipinski definition) is 4. The average Bonchev–Trinajstić information content (AvgIpc) is 2.30. The third kappa shape index (κ3) is 4.92. The molecular formula is C13H27N3O2. The Morgan fingerprint density at radius 3 is 2.72 bits per heavy atom. The molecule has 0 aliphatic carbocycles. The maximum absolute atomic E-state index is 12.3. The fourth-order valence-corrected chi connectivity index (χ4v) is 2.44. The number of rotatable bonds is 6. The summed E-state index contributed by atoms with van der Waals surface area (Å²) in [6.07, 6.45) is 0.533. The monoisotopic (exact) mass is 257 g/mol. The Kier molecular flexibility index (Phi) is 6.60. The van der Waals surface area contributed by atoms with E-state index in [0.717, 1.165) is 26.2 Å². The molecular weight excluding hydrogens is 230 g/mol. The minimum absolute atomic E-state index is 0.173. The van der Waals surface area contributed by atoms with Gasteiger partial charge in [0.15, 0.2) is 0 Å². The topological polar surface area (TPSA) is 44.8 Å². The number of carbonyl (C=O) groups is 1. The van der Waals surface area contributed by atoms with Crippen LogP contribution in [0.4, 0.5) is 0 Å². The van der Waals surface area contributed by atoms with E-state index < -0.39 is 0 Å². The fourth-order valence-electron chi connectivity index (χ4n) is 2.44. The number of hydrogen-bond donors (Lipinski definition) is 1. The summed E-state index contributed by atoms with van der Waals surface area (Å²) >= 11 is 0. The lowest BCUT2D eigenvalue weighted by Gasteiger charge is -2.32. The smallest absolute Gasteiger partial charge is 0.224 e. The summed E-state index contributed by atoms with van der Waals surface area (Å²) in [6.45, 7) is 8.04. The number of ether oxygens (including phenoxy) is 1. The first-order valence-corrected chi connectivity index (χ1v) is 6.80. The van der Waals surface area contributed by atoms with Crippen molar-refractivity contribution in [1.29, 1.82) is 0 Å². The molecule has 1 aliphatic heterocycles. The number of carbonyl (C=O) groups excluding carboxylic acids is 1. The standard InChI is InChI=1S/C13H27N3O2/c1-5-16(11(2)9-15(3)4)13(17)8-12-10-18-7-6-14-12/h11-12,14H,5-10H2,1-4H3. The van der Waals surface area contributed by atoms with Crippen molar-refractivity contribution >= 4 is 5.91 Å². The summed E-state index contributed by atoms with van der Waals surface area (Å²) in [5.74, 6) is 0.217. The highest BCUT2D eigenvalue weighted by Crippen LogP contribution is 2.07. The van der Waals surface area contributed by atoms with Crippen LogP contribution >= 0.6 is 0 Å². The highest BCUT2D eigenvalue weighted by Gasteiger charge is 2.23. The van der Waals surface area contributed by atoms with Crippen LogP contribution in [0.25, 0.3) is 0 Å². The second-order valence-electron chi connectivity index (χ2n) is 5.22. The summed E-state index contributed by atoms with van der Waals surface area (Å²) in [5.41, 5.74) is 0. The molecule has 0 radical (unpaired) electrons. The Morgan fingerprint density at radius 2 is 2.22 bits per heavy atom. The zero-order valence-corrected chi connectivity index (χ0v) is 12.1. The highest BCUT2D eigenvalue weighted by atomic mass is 16.5. The molecule has 2 unspecified atom stereocenters. The van der Waals surface area contributed by atoms with Crippen LogP contribution in [-0.2, 0) is 9.53 Å². The van der Waals surface area contributed by atoms with E-state index in [1.165, 1.54) is 0 Å². The molecule has 1 aliphatic rings. The first kappa shape index (κ1) is 15.4. The lowest BCUT2D eigenvalue weighted by Crippen LogP contribution is -2.48. The minimum Gasteiger partial charge on any atom is -0.378 e. The van der Waals surface area contributed by atoms with Crippen molar-refractivity contribution < 1.29 is 9.53 Å². The third-order valence-corrected chi connectivity index (χ3v) is 3.24. The molecule has 18 heavy (non-hydrogen) atoms. The lowest BCUT2D eigenvalue weighted by atomic mass is 10.1. The molecule has 2 atom stereocenters. The molecule has 5 heteroatoms. The van der Waals surface area contributed by atoms with E-state index in [0.29, 0.717) is 13.0 Å². The molecule has 0 aromatic heterocycles. The van der Waals surface area contributed by atoms with Crippen molar-refractivity contribution in [2.24, 2.45) is 0 Å². The summed E-state index contributed by atoms with van der Waals surface area (Å²) < 4.78 is 5.38. The van der Waals surface area contributed by atoms with Gasteiger partial charge in [-0.05, 0) is 27.9 Å². The zero-order chi connectivity index (χ0) is 13.5. The second kappa shape index (κ2) is 7.71. The molecule has 1 heterocycles. The van der Waals surface area contributed by atoms with Crippen LogP contribution in [0.15, 0.2) is 0 Å². The van der Waals surface area contributed by atoms with Gasteiger partial charge in [-0.15, -0.1) is 0 Å². The fraction of sp³-hybridized carbons (Fsp3) is 0.923. The second-order valence-corrected chi connectivity index (χ2v) is 5.22. The van der Waals surface area contributed by atoms with Crippen LogP contribution in [-0.4, -0.2) is 74.7 Å². The average molecular weight is 257 g/mol. The van der Waals surface area contributed by atoms with Crippen LogP contribution in [0, 0.1) is 0 Å². The van der Waals surface area contributed by atoms with Crippen molar-refractivity contribution in [2.75, 3.05) is 46.9 Å². The molecule has 1 fully saturated rings. The van der Waals surface area contributed by atoms with E-state index in [-0.39, 0.29) is 18.0 Å². The van der Waals surface area contributed by atoms with Gasteiger partial charge in [-0.25, -0.2) is 0 Å². The summed E-state index contributed by atoms with van der Waals surface area (Å²) in [5, 5.41) is 3.33. The number of nitrogens with zero attached hydrogens (tertiary/aromatic N) is 2. The molecule has 0 aromatic rings. The summed E-state index contributed by atoms with van der Waals surface area (Å²) in [6, 6.07) is 0.425. The van der Waals surface area contributed by atoms with Crippen molar-refractivity contribution in [3.63, 3.8) is 0 Å². The van der Waals surface area contributed by atoms with E-state index in [2.05, 4.69) is 17.1 Å². The van der Waals surface area contributed by atoms with Crippen molar-refractivity contribution in [3.05, 3.63) is 0 Å². The van der Waals surface area contributed by atoms with Gasteiger partial charge in [-0.3, -0.25) is 4.79 Å². The Morgan fingerprint density at radius 1 is 1.50 bits per heavy atom. The SMILES string of the molecule is CCN(C(=O)CC1COCCN1)C(C)CN(C)C. The van der Waals surface area contributed by atoms with E-state index in [9.17, 15) is 4.79 Å². The molecule has 0 aromatic carbocycles. The van der Waals surface area contributed by atoms with E-state index >= 15 is 0 Å². The third-order valence-electron chi connectivity index (χ3n) is 3.24. The first-order chi connectivity index (χ1) is 8.54. The van der Waals surface area contributed by atoms with Crippen LogP contribution in [0.3, 0.4) is 0 Å². The quantitative estimate of drug-likeness (QED) is 0.736. The lowest BCUT2D eigenvalue weighted by molar-refractivity contribution is -0.134. The number of amides is 1. The summed E-state index contributed by atoms with van der Waals surface area (Å²) in [4.78, 5) is 16.3.